The summed E-state index contributed by atoms with van der Waals surface area (Å²) in [5.41, 5.74) is 19.1. The second-order valence-corrected chi connectivity index (χ2v) is 18.1. The Morgan fingerprint density at radius 1 is 0.348 bits per heavy atom. The molecule has 1 unspecified atom stereocenters. The van der Waals surface area contributed by atoms with Crippen LogP contribution in [0.4, 0.5) is 11.5 Å². The van der Waals surface area contributed by atoms with Crippen LogP contribution in [0, 0.1) is 0 Å². The van der Waals surface area contributed by atoms with E-state index in [-0.39, 0.29) is 5.92 Å². The molecular weight excluding hydrogens is 839 g/mol. The number of hydrogen-bond donors (Lipinski definition) is 0. The Kier molecular flexibility index (Phi) is 8.96. The van der Waals surface area contributed by atoms with Gasteiger partial charge in [-0.05, 0) is 114 Å². The topological polar surface area (TPSA) is 38.9 Å². The number of rotatable bonds is 7. The second-order valence-electron chi connectivity index (χ2n) is 18.1. The van der Waals surface area contributed by atoms with Gasteiger partial charge in [-0.2, -0.15) is 0 Å². The van der Waals surface area contributed by atoms with Crippen LogP contribution in [-0.4, -0.2) is 19.1 Å². The number of aromatic nitrogens is 4. The number of allylic oxidation sites excluding steroid dienone is 4. The molecule has 0 fully saturated rings. The van der Waals surface area contributed by atoms with Gasteiger partial charge in [0.1, 0.15) is 0 Å². The van der Waals surface area contributed by atoms with Crippen LogP contribution in [0.1, 0.15) is 23.6 Å². The first-order valence-electron chi connectivity index (χ1n) is 23.8. The van der Waals surface area contributed by atoms with Crippen LogP contribution < -0.4 is 4.90 Å². The molecule has 9 aromatic carbocycles. The van der Waals surface area contributed by atoms with Gasteiger partial charge in [-0.15, -0.1) is 0 Å². The predicted molar refractivity (Wildman–Crippen MR) is 285 cm³/mol. The van der Waals surface area contributed by atoms with Crippen molar-refractivity contribution in [2.75, 3.05) is 4.90 Å². The quantitative estimate of drug-likeness (QED) is 0.160. The Morgan fingerprint density at radius 3 is 1.35 bits per heavy atom. The Morgan fingerprint density at radius 2 is 0.783 bits per heavy atom. The van der Waals surface area contributed by atoms with Crippen molar-refractivity contribution < 1.29 is 0 Å². The van der Waals surface area contributed by atoms with Crippen LogP contribution in [0.3, 0.4) is 0 Å². The second kappa shape index (κ2) is 15.8. The molecule has 0 spiro atoms. The zero-order chi connectivity index (χ0) is 45.4. The monoisotopic (exact) mass is 881 g/mol. The van der Waals surface area contributed by atoms with E-state index in [2.05, 4.69) is 257 Å². The van der Waals surface area contributed by atoms with E-state index in [9.17, 15) is 0 Å². The molecule has 14 rings (SSSR count). The molecule has 1 atom stereocenters. The highest BCUT2D eigenvalue weighted by molar-refractivity contribution is 6.13. The van der Waals surface area contributed by atoms with Gasteiger partial charge in [0.15, 0.2) is 5.82 Å². The van der Waals surface area contributed by atoms with Gasteiger partial charge >= 0.3 is 0 Å². The molecule has 5 nitrogen and oxygen atoms in total. The number of nitrogens with zero attached hydrogens (tertiary/aromatic N) is 5. The van der Waals surface area contributed by atoms with Crippen molar-refractivity contribution in [2.24, 2.45) is 0 Å². The summed E-state index contributed by atoms with van der Waals surface area (Å²) in [5.74, 6) is 0.901. The third kappa shape index (κ3) is 6.32. The summed E-state index contributed by atoms with van der Waals surface area (Å²) in [7, 11) is 0. The molecule has 2 aliphatic rings. The lowest BCUT2D eigenvalue weighted by atomic mass is 9.86. The van der Waals surface area contributed by atoms with Crippen LogP contribution in [0.25, 0.3) is 94.2 Å². The van der Waals surface area contributed by atoms with Crippen molar-refractivity contribution in [3.63, 3.8) is 0 Å². The van der Waals surface area contributed by atoms with Crippen molar-refractivity contribution in [1.82, 2.24) is 19.1 Å². The minimum Gasteiger partial charge on any atom is -0.309 e. The van der Waals surface area contributed by atoms with Crippen LogP contribution in [0.15, 0.2) is 248 Å². The average molecular weight is 882 g/mol. The molecule has 1 aliphatic carbocycles. The number of fused-ring (bicyclic) bond motifs is 9. The molecule has 0 amide bonds. The Bertz CT molecular complexity index is 4020. The lowest BCUT2D eigenvalue weighted by Gasteiger charge is -2.25. The van der Waals surface area contributed by atoms with E-state index in [0.717, 1.165) is 57.5 Å². The normalized spacial score (nSPS) is 14.3. The summed E-state index contributed by atoms with van der Waals surface area (Å²) in [5, 5.41) is 4.94. The van der Waals surface area contributed by atoms with Gasteiger partial charge in [-0.25, -0.2) is 9.97 Å². The molecule has 0 saturated heterocycles. The number of benzene rings is 9. The van der Waals surface area contributed by atoms with Gasteiger partial charge in [0.2, 0.25) is 0 Å². The van der Waals surface area contributed by atoms with Gasteiger partial charge < -0.3 is 9.13 Å². The molecule has 69 heavy (non-hydrogen) atoms. The molecule has 3 aromatic heterocycles. The van der Waals surface area contributed by atoms with Gasteiger partial charge in [-0.3, -0.25) is 4.90 Å². The smallest absolute Gasteiger partial charge is 0.160 e. The average Bonchev–Trinajstić information content (AvgIpc) is 4.06. The number of hydrogen-bond acceptors (Lipinski definition) is 3. The van der Waals surface area contributed by atoms with E-state index >= 15 is 0 Å². The van der Waals surface area contributed by atoms with Crippen molar-refractivity contribution in [1.29, 1.82) is 0 Å². The van der Waals surface area contributed by atoms with Gasteiger partial charge in [0, 0.05) is 61.3 Å². The van der Waals surface area contributed by atoms with E-state index in [1.165, 1.54) is 71.6 Å². The standard InChI is InChI=1S/C64H43N5/c1-6-18-42(19-7-1)61-62(43-20-8-2-9-21-43)66-64-63(65-61)55-41-47(33-37-60(55)69(64)50-26-14-5-15-27-50)46-32-36-59-54(40-46)53-39-45(31-35-58(53)68(59)49-24-12-4-13-25-49)44-30-34-57-52(38-44)51-28-16-17-29-56(51)67(57)48-22-10-3-11-23-48/h1-40,55H,41H2. The molecule has 324 valence electrons. The van der Waals surface area contributed by atoms with Crippen molar-refractivity contribution in [3.05, 3.63) is 260 Å². The van der Waals surface area contributed by atoms with Crippen LogP contribution in [0.2, 0.25) is 0 Å². The van der Waals surface area contributed by atoms with Gasteiger partial charge in [0.05, 0.1) is 39.1 Å². The first-order valence-corrected chi connectivity index (χ1v) is 23.8. The Labute approximate surface area is 399 Å². The summed E-state index contributed by atoms with van der Waals surface area (Å²) in [6, 6.07) is 82.8. The summed E-state index contributed by atoms with van der Waals surface area (Å²) in [6.45, 7) is 0. The highest BCUT2D eigenvalue weighted by Crippen LogP contribution is 2.53. The maximum Gasteiger partial charge on any atom is 0.160 e. The van der Waals surface area contributed by atoms with E-state index in [1.807, 2.05) is 0 Å². The summed E-state index contributed by atoms with van der Waals surface area (Å²) >= 11 is 0. The van der Waals surface area contributed by atoms with E-state index in [4.69, 9.17) is 9.97 Å². The molecule has 4 heterocycles. The minimum atomic E-state index is 0.00991. The van der Waals surface area contributed by atoms with Crippen LogP contribution in [-0.2, 0) is 0 Å². The highest BCUT2D eigenvalue weighted by Gasteiger charge is 2.40. The molecule has 0 saturated carbocycles. The predicted octanol–water partition coefficient (Wildman–Crippen LogP) is 16.3. The fourth-order valence-electron chi connectivity index (χ4n) is 11.0. The minimum absolute atomic E-state index is 0.00991. The zero-order valence-corrected chi connectivity index (χ0v) is 37.6. The fourth-order valence-corrected chi connectivity index (χ4v) is 11.0. The van der Waals surface area contributed by atoms with Crippen molar-refractivity contribution in [2.45, 2.75) is 12.3 Å². The van der Waals surface area contributed by atoms with Gasteiger partial charge in [0.25, 0.3) is 0 Å². The molecule has 5 heteroatoms. The van der Waals surface area contributed by atoms with E-state index in [0.29, 0.717) is 0 Å². The van der Waals surface area contributed by atoms with Crippen LogP contribution in [0.5, 0.6) is 0 Å². The fraction of sp³-hybridized carbons (Fsp3) is 0.0312. The van der Waals surface area contributed by atoms with Crippen molar-refractivity contribution >= 4 is 60.7 Å². The highest BCUT2D eigenvalue weighted by atomic mass is 15.3. The van der Waals surface area contributed by atoms with E-state index in [1.54, 1.807) is 0 Å². The summed E-state index contributed by atoms with van der Waals surface area (Å²) in [6.07, 6.45) is 5.43. The Balaban J connectivity index is 0.916. The molecule has 0 bridgehead atoms. The maximum atomic E-state index is 5.63. The molecule has 0 radical (unpaired) electrons. The largest absolute Gasteiger partial charge is 0.309 e. The van der Waals surface area contributed by atoms with Gasteiger partial charge in [-0.1, -0.05) is 158 Å². The molecule has 1 aliphatic heterocycles. The number of anilines is 2. The SMILES string of the molecule is C1=C(c2ccc3c(c2)c2cc(-c4ccc5c(c4)c4ccccc4n5-c4ccccc4)ccc2n3-c2ccccc2)CC2C(=C1)N(c1ccccc1)c1nc(-c3ccccc3)c(-c3ccccc3)nc12. The summed E-state index contributed by atoms with van der Waals surface area (Å²) < 4.78 is 4.79. The lowest BCUT2D eigenvalue weighted by molar-refractivity contribution is 0.806. The first-order chi connectivity index (χ1) is 34.2. The molecule has 0 N–H and O–H groups in total. The number of para-hydroxylation sites is 4. The molecular formula is C64H43N5. The van der Waals surface area contributed by atoms with Crippen LogP contribution >= 0.6 is 0 Å². The van der Waals surface area contributed by atoms with E-state index < -0.39 is 0 Å². The van der Waals surface area contributed by atoms with Crippen molar-refractivity contribution in [3.8, 4) is 45.0 Å². The maximum absolute atomic E-state index is 5.63. The Hall–Kier alpha value is -9.06. The first kappa shape index (κ1) is 39.1. The third-order valence-corrected chi connectivity index (χ3v) is 14.2. The lowest BCUT2D eigenvalue weighted by Crippen LogP contribution is -2.16. The zero-order valence-electron chi connectivity index (χ0n) is 37.6. The third-order valence-electron chi connectivity index (χ3n) is 14.2. The molecule has 12 aromatic rings. The summed E-state index contributed by atoms with van der Waals surface area (Å²) in [4.78, 5) is 13.5.